The van der Waals surface area contributed by atoms with Crippen LogP contribution in [0.25, 0.3) is 11.4 Å². The molecule has 8 heteroatoms. The third kappa shape index (κ3) is 5.08. The number of amides is 1. The maximum absolute atomic E-state index is 12.4. The Morgan fingerprint density at radius 1 is 1.14 bits per heavy atom. The van der Waals surface area contributed by atoms with Gasteiger partial charge in [0.25, 0.3) is 0 Å². The summed E-state index contributed by atoms with van der Waals surface area (Å²) in [7, 11) is 1.63. The Balaban J connectivity index is 1.69. The molecule has 0 bridgehead atoms. The Kier molecular flexibility index (Phi) is 7.13. The first-order valence-electron chi connectivity index (χ1n) is 9.38. The van der Waals surface area contributed by atoms with Gasteiger partial charge in [0.1, 0.15) is 11.5 Å². The van der Waals surface area contributed by atoms with Crippen LogP contribution in [0.15, 0.2) is 53.7 Å². The minimum Gasteiger partial charge on any atom is -0.497 e. The number of hydrogen-bond donors (Lipinski definition) is 1. The van der Waals surface area contributed by atoms with E-state index in [1.54, 1.807) is 7.11 Å². The normalized spacial score (nSPS) is 10.6. The first-order valence-corrected chi connectivity index (χ1v) is 10.4. The smallest absolute Gasteiger partial charge is 0.234 e. The molecule has 3 rings (SSSR count). The molecule has 0 saturated heterocycles. The zero-order chi connectivity index (χ0) is 20.6. The molecular formula is C21H24N4O3S. The molecule has 0 atom stereocenters. The van der Waals surface area contributed by atoms with Crippen LogP contribution in [0.2, 0.25) is 0 Å². The van der Waals surface area contributed by atoms with Gasteiger partial charge in [0.05, 0.1) is 25.2 Å². The maximum Gasteiger partial charge on any atom is 0.234 e. The molecule has 0 aliphatic heterocycles. The Bertz CT molecular complexity index is 974. The molecule has 0 saturated carbocycles. The maximum atomic E-state index is 12.4. The second-order valence-corrected chi connectivity index (χ2v) is 6.99. The van der Waals surface area contributed by atoms with Crippen molar-refractivity contribution in [1.82, 2.24) is 14.8 Å². The number of anilines is 1. The highest BCUT2D eigenvalue weighted by Gasteiger charge is 2.15. The van der Waals surface area contributed by atoms with Gasteiger partial charge in [0.15, 0.2) is 11.0 Å². The van der Waals surface area contributed by atoms with Gasteiger partial charge < -0.3 is 19.4 Å². The van der Waals surface area contributed by atoms with E-state index in [0.717, 1.165) is 17.1 Å². The van der Waals surface area contributed by atoms with Crippen molar-refractivity contribution in [3.8, 4) is 22.9 Å². The number of aromatic nitrogens is 3. The van der Waals surface area contributed by atoms with Crippen LogP contribution in [0.4, 0.5) is 5.69 Å². The summed E-state index contributed by atoms with van der Waals surface area (Å²) in [5.74, 6) is 2.25. The molecule has 1 N–H and O–H groups in total. The highest BCUT2D eigenvalue weighted by atomic mass is 32.2. The number of rotatable bonds is 9. The lowest BCUT2D eigenvalue weighted by molar-refractivity contribution is -0.113. The SMILES string of the molecule is CCOc1ccccc1NC(=O)CSc1nnc(-c2cccc(OC)c2)n1CC. The van der Waals surface area contributed by atoms with E-state index < -0.39 is 0 Å². The van der Waals surface area contributed by atoms with Gasteiger partial charge in [-0.2, -0.15) is 0 Å². The predicted octanol–water partition coefficient (Wildman–Crippen LogP) is 4.10. The molecule has 1 heterocycles. The number of hydrogen-bond acceptors (Lipinski definition) is 6. The zero-order valence-corrected chi connectivity index (χ0v) is 17.5. The van der Waals surface area contributed by atoms with Crippen LogP contribution in [0.5, 0.6) is 11.5 Å². The molecule has 1 aromatic heterocycles. The van der Waals surface area contributed by atoms with Crippen LogP contribution in [-0.4, -0.2) is 40.1 Å². The van der Waals surface area contributed by atoms with Crippen LogP contribution < -0.4 is 14.8 Å². The number of nitrogens with zero attached hydrogens (tertiary/aromatic N) is 3. The molecule has 7 nitrogen and oxygen atoms in total. The molecule has 0 aliphatic carbocycles. The van der Waals surface area contributed by atoms with Gasteiger partial charge in [-0.05, 0) is 38.1 Å². The number of benzene rings is 2. The van der Waals surface area contributed by atoms with Crippen molar-refractivity contribution in [2.75, 3.05) is 24.8 Å². The Labute approximate surface area is 174 Å². The Morgan fingerprint density at radius 2 is 1.97 bits per heavy atom. The van der Waals surface area contributed by atoms with Crippen molar-refractivity contribution in [2.45, 2.75) is 25.5 Å². The number of thioether (sulfide) groups is 1. The summed E-state index contributed by atoms with van der Waals surface area (Å²) >= 11 is 1.35. The second-order valence-electron chi connectivity index (χ2n) is 6.05. The van der Waals surface area contributed by atoms with E-state index in [1.165, 1.54) is 11.8 Å². The fourth-order valence-corrected chi connectivity index (χ4v) is 3.63. The molecular weight excluding hydrogens is 388 g/mol. The fraction of sp³-hybridized carbons (Fsp3) is 0.286. The summed E-state index contributed by atoms with van der Waals surface area (Å²) in [5, 5.41) is 12.2. The number of ether oxygens (including phenoxy) is 2. The average molecular weight is 413 g/mol. The van der Waals surface area contributed by atoms with Crippen LogP contribution in [0.1, 0.15) is 13.8 Å². The highest BCUT2D eigenvalue weighted by Crippen LogP contribution is 2.27. The van der Waals surface area contributed by atoms with Gasteiger partial charge in [-0.3, -0.25) is 4.79 Å². The third-order valence-corrected chi connectivity index (χ3v) is 5.12. The summed E-state index contributed by atoms with van der Waals surface area (Å²) in [6, 6.07) is 15.1. The third-order valence-electron chi connectivity index (χ3n) is 4.15. The standard InChI is InChI=1S/C21H24N4O3S/c1-4-25-20(15-9-8-10-16(13-15)27-3)23-24-21(25)29-14-19(26)22-17-11-6-7-12-18(17)28-5-2/h6-13H,4-5,14H2,1-3H3,(H,22,26). The molecule has 0 aliphatic rings. The van der Waals surface area contributed by atoms with Crippen molar-refractivity contribution < 1.29 is 14.3 Å². The van der Waals surface area contributed by atoms with Gasteiger partial charge in [-0.25, -0.2) is 0 Å². The lowest BCUT2D eigenvalue weighted by atomic mass is 10.2. The van der Waals surface area contributed by atoms with E-state index in [9.17, 15) is 4.79 Å². The number of para-hydroxylation sites is 2. The number of carbonyl (C=O) groups is 1. The molecule has 1 amide bonds. The van der Waals surface area contributed by atoms with Crippen LogP contribution in [-0.2, 0) is 11.3 Å². The van der Waals surface area contributed by atoms with E-state index in [-0.39, 0.29) is 11.7 Å². The van der Waals surface area contributed by atoms with Crippen LogP contribution in [0.3, 0.4) is 0 Å². The summed E-state index contributed by atoms with van der Waals surface area (Å²) in [4.78, 5) is 12.4. The van der Waals surface area contributed by atoms with E-state index in [1.807, 2.05) is 66.9 Å². The molecule has 152 valence electrons. The van der Waals surface area contributed by atoms with Crippen LogP contribution in [0, 0.1) is 0 Å². The van der Waals surface area contributed by atoms with E-state index in [2.05, 4.69) is 15.5 Å². The quantitative estimate of drug-likeness (QED) is 0.533. The first-order chi connectivity index (χ1) is 14.2. The number of methoxy groups -OCH3 is 1. The van der Waals surface area contributed by atoms with Gasteiger partial charge >= 0.3 is 0 Å². The molecule has 0 radical (unpaired) electrons. The molecule has 0 spiro atoms. The molecule has 2 aromatic carbocycles. The monoisotopic (exact) mass is 412 g/mol. The van der Waals surface area contributed by atoms with Gasteiger partial charge in [0, 0.05) is 12.1 Å². The first kappa shape index (κ1) is 20.7. The zero-order valence-electron chi connectivity index (χ0n) is 16.7. The molecule has 3 aromatic rings. The van der Waals surface area contributed by atoms with Crippen molar-refractivity contribution in [3.63, 3.8) is 0 Å². The minimum absolute atomic E-state index is 0.129. The van der Waals surface area contributed by atoms with E-state index in [0.29, 0.717) is 29.7 Å². The van der Waals surface area contributed by atoms with Gasteiger partial charge in [-0.1, -0.05) is 36.0 Å². The van der Waals surface area contributed by atoms with Crippen molar-refractivity contribution in [3.05, 3.63) is 48.5 Å². The van der Waals surface area contributed by atoms with Crippen LogP contribution >= 0.6 is 11.8 Å². The lowest BCUT2D eigenvalue weighted by Crippen LogP contribution is -2.15. The molecule has 0 fully saturated rings. The molecule has 29 heavy (non-hydrogen) atoms. The number of nitrogens with one attached hydrogen (secondary N) is 1. The summed E-state index contributed by atoms with van der Waals surface area (Å²) in [6.07, 6.45) is 0. The fourth-order valence-electron chi connectivity index (χ4n) is 2.82. The second kappa shape index (κ2) is 9.97. The van der Waals surface area contributed by atoms with Gasteiger partial charge in [0.2, 0.25) is 5.91 Å². The largest absolute Gasteiger partial charge is 0.497 e. The minimum atomic E-state index is -0.129. The predicted molar refractivity (Wildman–Crippen MR) is 115 cm³/mol. The Morgan fingerprint density at radius 3 is 2.72 bits per heavy atom. The highest BCUT2D eigenvalue weighted by molar-refractivity contribution is 7.99. The summed E-state index contributed by atoms with van der Waals surface area (Å²) in [5.41, 5.74) is 1.58. The van der Waals surface area contributed by atoms with Crippen molar-refractivity contribution in [2.24, 2.45) is 0 Å². The summed E-state index contributed by atoms with van der Waals surface area (Å²) in [6.45, 7) is 5.16. The average Bonchev–Trinajstić information content (AvgIpc) is 3.17. The van der Waals surface area contributed by atoms with Crippen molar-refractivity contribution >= 4 is 23.4 Å². The Hall–Kier alpha value is -3.00. The summed E-state index contributed by atoms with van der Waals surface area (Å²) < 4.78 is 12.8. The number of carbonyl (C=O) groups excluding carboxylic acids is 1. The molecule has 0 unspecified atom stereocenters. The van der Waals surface area contributed by atoms with E-state index >= 15 is 0 Å². The van der Waals surface area contributed by atoms with E-state index in [4.69, 9.17) is 9.47 Å². The van der Waals surface area contributed by atoms with Crippen molar-refractivity contribution in [1.29, 1.82) is 0 Å². The topological polar surface area (TPSA) is 78.3 Å². The lowest BCUT2D eigenvalue weighted by Gasteiger charge is -2.11. The van der Waals surface area contributed by atoms with Gasteiger partial charge in [-0.15, -0.1) is 10.2 Å².